The number of nitrogens with two attached hydrogens (primary N) is 1. The number of rotatable bonds is 5. The standard InChI is InChI=1S/C16H21FN4/c1-10(2)14-15(18)19-9-20-16(14)21-11(3)8-12-4-6-13(17)7-5-12/h4-7,9-11H,8H2,1-3H3,(H3,18,19,20,21). The molecule has 2 rings (SSSR count). The molecule has 0 fully saturated rings. The van der Waals surface area contributed by atoms with Gasteiger partial charge < -0.3 is 11.1 Å². The lowest BCUT2D eigenvalue weighted by Crippen LogP contribution is -2.21. The van der Waals surface area contributed by atoms with Crippen molar-refractivity contribution in [2.45, 2.75) is 39.2 Å². The highest BCUT2D eigenvalue weighted by Crippen LogP contribution is 2.26. The van der Waals surface area contributed by atoms with Gasteiger partial charge in [-0.1, -0.05) is 26.0 Å². The zero-order valence-electron chi connectivity index (χ0n) is 12.6. The van der Waals surface area contributed by atoms with Gasteiger partial charge in [0.25, 0.3) is 0 Å². The van der Waals surface area contributed by atoms with Gasteiger partial charge in [-0.15, -0.1) is 0 Å². The number of nitrogens with zero attached hydrogens (tertiary/aromatic N) is 2. The Kier molecular flexibility index (Phi) is 4.73. The van der Waals surface area contributed by atoms with Crippen LogP contribution < -0.4 is 11.1 Å². The van der Waals surface area contributed by atoms with Crippen molar-refractivity contribution in [1.82, 2.24) is 9.97 Å². The molecule has 2 aromatic rings. The van der Waals surface area contributed by atoms with E-state index in [1.54, 1.807) is 12.1 Å². The molecule has 112 valence electrons. The summed E-state index contributed by atoms with van der Waals surface area (Å²) >= 11 is 0. The highest BCUT2D eigenvalue weighted by Gasteiger charge is 2.14. The predicted molar refractivity (Wildman–Crippen MR) is 83.7 cm³/mol. The molecule has 1 atom stereocenters. The van der Waals surface area contributed by atoms with Crippen molar-refractivity contribution in [2.24, 2.45) is 0 Å². The summed E-state index contributed by atoms with van der Waals surface area (Å²) in [7, 11) is 0. The molecule has 5 heteroatoms. The third-order valence-corrected chi connectivity index (χ3v) is 3.33. The Balaban J connectivity index is 2.11. The summed E-state index contributed by atoms with van der Waals surface area (Å²) in [5, 5.41) is 3.37. The zero-order chi connectivity index (χ0) is 15.4. The van der Waals surface area contributed by atoms with E-state index in [-0.39, 0.29) is 17.8 Å². The molecule has 0 saturated carbocycles. The Hall–Kier alpha value is -2.17. The SMILES string of the molecule is CC(Cc1ccc(F)cc1)Nc1ncnc(N)c1C(C)C. The lowest BCUT2D eigenvalue weighted by atomic mass is 10.0. The number of anilines is 2. The van der Waals surface area contributed by atoms with Crippen LogP contribution in [0.1, 0.15) is 37.8 Å². The van der Waals surface area contributed by atoms with Crippen LogP contribution in [0.3, 0.4) is 0 Å². The molecule has 0 saturated heterocycles. The molecule has 0 aliphatic heterocycles. The van der Waals surface area contributed by atoms with Crippen LogP contribution in [0, 0.1) is 5.82 Å². The molecule has 0 amide bonds. The normalized spacial score (nSPS) is 12.4. The van der Waals surface area contributed by atoms with E-state index in [0.29, 0.717) is 5.82 Å². The van der Waals surface area contributed by atoms with Crippen LogP contribution >= 0.6 is 0 Å². The number of hydrogen-bond donors (Lipinski definition) is 2. The Bertz CT molecular complexity index is 596. The molecule has 1 aromatic carbocycles. The van der Waals surface area contributed by atoms with Crippen molar-refractivity contribution in [1.29, 1.82) is 0 Å². The maximum atomic E-state index is 12.9. The minimum absolute atomic E-state index is 0.155. The minimum Gasteiger partial charge on any atom is -0.383 e. The van der Waals surface area contributed by atoms with E-state index in [4.69, 9.17) is 5.73 Å². The van der Waals surface area contributed by atoms with Gasteiger partial charge in [0.1, 0.15) is 23.8 Å². The van der Waals surface area contributed by atoms with Crippen LogP contribution in [0.5, 0.6) is 0 Å². The number of benzene rings is 1. The van der Waals surface area contributed by atoms with E-state index in [9.17, 15) is 4.39 Å². The van der Waals surface area contributed by atoms with E-state index < -0.39 is 0 Å². The third kappa shape index (κ3) is 3.90. The molecule has 0 spiro atoms. The molecule has 0 aliphatic carbocycles. The minimum atomic E-state index is -0.218. The maximum absolute atomic E-state index is 12.9. The van der Waals surface area contributed by atoms with E-state index in [0.717, 1.165) is 23.4 Å². The van der Waals surface area contributed by atoms with Crippen LogP contribution in [-0.4, -0.2) is 16.0 Å². The van der Waals surface area contributed by atoms with Crippen molar-refractivity contribution in [3.63, 3.8) is 0 Å². The van der Waals surface area contributed by atoms with Gasteiger partial charge in [-0.25, -0.2) is 14.4 Å². The Morgan fingerprint density at radius 2 is 1.81 bits per heavy atom. The molecule has 0 radical (unpaired) electrons. The first-order valence-electron chi connectivity index (χ1n) is 7.08. The quantitative estimate of drug-likeness (QED) is 0.885. The number of nitrogen functional groups attached to an aromatic ring is 1. The van der Waals surface area contributed by atoms with Crippen molar-refractivity contribution in [3.8, 4) is 0 Å². The molecule has 1 heterocycles. The van der Waals surface area contributed by atoms with Crippen molar-refractivity contribution in [3.05, 3.63) is 47.5 Å². The summed E-state index contributed by atoms with van der Waals surface area (Å²) in [6.07, 6.45) is 2.25. The smallest absolute Gasteiger partial charge is 0.135 e. The second-order valence-electron chi connectivity index (χ2n) is 5.55. The van der Waals surface area contributed by atoms with Gasteiger partial charge in [-0.2, -0.15) is 0 Å². The summed E-state index contributed by atoms with van der Waals surface area (Å²) < 4.78 is 12.9. The molecule has 1 aromatic heterocycles. The van der Waals surface area contributed by atoms with Crippen LogP contribution in [0.25, 0.3) is 0 Å². The average molecular weight is 288 g/mol. The number of aromatic nitrogens is 2. The Morgan fingerprint density at radius 1 is 1.14 bits per heavy atom. The summed E-state index contributed by atoms with van der Waals surface area (Å²) in [6, 6.07) is 6.70. The molecule has 3 N–H and O–H groups in total. The van der Waals surface area contributed by atoms with E-state index >= 15 is 0 Å². The van der Waals surface area contributed by atoms with E-state index in [1.165, 1.54) is 18.5 Å². The van der Waals surface area contributed by atoms with Crippen LogP contribution in [0.2, 0.25) is 0 Å². The molecule has 4 nitrogen and oxygen atoms in total. The van der Waals surface area contributed by atoms with E-state index in [1.807, 2.05) is 0 Å². The van der Waals surface area contributed by atoms with Gasteiger partial charge in [-0.05, 0) is 37.0 Å². The second-order valence-corrected chi connectivity index (χ2v) is 5.55. The first-order valence-corrected chi connectivity index (χ1v) is 7.08. The number of halogens is 1. The van der Waals surface area contributed by atoms with Gasteiger partial charge >= 0.3 is 0 Å². The highest BCUT2D eigenvalue weighted by atomic mass is 19.1. The monoisotopic (exact) mass is 288 g/mol. The first kappa shape index (κ1) is 15.2. The Morgan fingerprint density at radius 3 is 2.43 bits per heavy atom. The van der Waals surface area contributed by atoms with Crippen molar-refractivity contribution >= 4 is 11.6 Å². The number of hydrogen-bond acceptors (Lipinski definition) is 4. The largest absolute Gasteiger partial charge is 0.383 e. The van der Waals surface area contributed by atoms with Gasteiger partial charge in [0, 0.05) is 11.6 Å². The fourth-order valence-electron chi connectivity index (χ4n) is 2.35. The first-order chi connectivity index (χ1) is 9.97. The highest BCUT2D eigenvalue weighted by molar-refractivity contribution is 5.57. The van der Waals surface area contributed by atoms with Crippen LogP contribution in [-0.2, 0) is 6.42 Å². The molecule has 0 bridgehead atoms. The molecule has 0 aliphatic rings. The molecule has 1 unspecified atom stereocenters. The lowest BCUT2D eigenvalue weighted by molar-refractivity contribution is 0.626. The molecule has 21 heavy (non-hydrogen) atoms. The van der Waals surface area contributed by atoms with Gasteiger partial charge in [-0.3, -0.25) is 0 Å². The summed E-state index contributed by atoms with van der Waals surface area (Å²) in [6.45, 7) is 6.18. The van der Waals surface area contributed by atoms with Crippen LogP contribution in [0.4, 0.5) is 16.0 Å². The fourth-order valence-corrected chi connectivity index (χ4v) is 2.35. The lowest BCUT2D eigenvalue weighted by Gasteiger charge is -2.19. The van der Waals surface area contributed by atoms with Crippen molar-refractivity contribution < 1.29 is 4.39 Å². The topological polar surface area (TPSA) is 63.8 Å². The summed E-state index contributed by atoms with van der Waals surface area (Å²) in [5.74, 6) is 1.31. The summed E-state index contributed by atoms with van der Waals surface area (Å²) in [4.78, 5) is 8.34. The van der Waals surface area contributed by atoms with Gasteiger partial charge in [0.2, 0.25) is 0 Å². The fraction of sp³-hybridized carbons (Fsp3) is 0.375. The third-order valence-electron chi connectivity index (χ3n) is 3.33. The maximum Gasteiger partial charge on any atom is 0.135 e. The predicted octanol–water partition coefficient (Wildman–Crippen LogP) is 3.36. The summed E-state index contributed by atoms with van der Waals surface area (Å²) in [5.41, 5.74) is 7.94. The van der Waals surface area contributed by atoms with E-state index in [2.05, 4.69) is 36.1 Å². The van der Waals surface area contributed by atoms with Crippen LogP contribution in [0.15, 0.2) is 30.6 Å². The van der Waals surface area contributed by atoms with Gasteiger partial charge in [0.15, 0.2) is 0 Å². The molecular formula is C16H21FN4. The number of nitrogens with one attached hydrogen (secondary N) is 1. The van der Waals surface area contributed by atoms with Crippen molar-refractivity contribution in [2.75, 3.05) is 11.1 Å². The Labute approximate surface area is 124 Å². The molecular weight excluding hydrogens is 267 g/mol. The zero-order valence-corrected chi connectivity index (χ0v) is 12.6. The second kappa shape index (κ2) is 6.52. The average Bonchev–Trinajstić information content (AvgIpc) is 2.41. The van der Waals surface area contributed by atoms with Gasteiger partial charge in [0.05, 0.1) is 0 Å².